The fourth-order valence-corrected chi connectivity index (χ4v) is 2.54. The van der Waals surface area contributed by atoms with Crippen molar-refractivity contribution in [2.24, 2.45) is 0 Å². The molecular weight excluding hydrogens is 401 g/mol. The number of fused-ring (bicyclic) bond motifs is 1. The van der Waals surface area contributed by atoms with Crippen molar-refractivity contribution >= 4 is 11.7 Å². The lowest BCUT2D eigenvalue weighted by molar-refractivity contribution is -0.415. The second-order valence-electron chi connectivity index (χ2n) is 5.73. The zero-order valence-electron chi connectivity index (χ0n) is 14.6. The summed E-state index contributed by atoms with van der Waals surface area (Å²) < 4.78 is 109. The van der Waals surface area contributed by atoms with Crippen LogP contribution in [0.3, 0.4) is 0 Å². The van der Waals surface area contributed by atoms with Crippen LogP contribution in [0.4, 0.5) is 30.7 Å². The van der Waals surface area contributed by atoms with Crippen molar-refractivity contribution < 1.29 is 49.7 Å². The average Bonchev–Trinajstić information content (AvgIpc) is 2.59. The fraction of sp³-hybridized carbons (Fsp3) is 0.471. The molecule has 1 unspecified atom stereocenters. The standard InChI is InChI=1S/C17H15F7O4/c1-3-11-10-7-5-6-8-12(10)28-14(27-11,9-13(25)26-4-2)15(18,19)16(20,21)17(22,23)24/h3,5-8H,4,9H2,1-2H3/b11-3-. The smallest absolute Gasteiger partial charge is 0.460 e. The molecule has 156 valence electrons. The second-order valence-corrected chi connectivity index (χ2v) is 5.73. The molecule has 1 atom stereocenters. The van der Waals surface area contributed by atoms with Crippen LogP contribution in [0.1, 0.15) is 25.8 Å². The minimum Gasteiger partial charge on any atom is -0.466 e. The van der Waals surface area contributed by atoms with E-state index in [0.29, 0.717) is 0 Å². The first kappa shape index (κ1) is 21.8. The molecule has 1 aliphatic rings. The Balaban J connectivity index is 2.68. The zero-order chi connectivity index (χ0) is 21.4. The number of benzene rings is 1. The van der Waals surface area contributed by atoms with Crippen LogP contribution in [0.25, 0.3) is 5.76 Å². The summed E-state index contributed by atoms with van der Waals surface area (Å²) in [5, 5.41) is 0. The molecule has 0 radical (unpaired) electrons. The summed E-state index contributed by atoms with van der Waals surface area (Å²) in [5.41, 5.74) is 0.0376. The number of ether oxygens (including phenoxy) is 3. The minimum absolute atomic E-state index is 0.0376. The van der Waals surface area contributed by atoms with Crippen molar-refractivity contribution in [2.75, 3.05) is 6.61 Å². The van der Waals surface area contributed by atoms with Crippen LogP contribution in [0.15, 0.2) is 30.3 Å². The zero-order valence-corrected chi connectivity index (χ0v) is 14.6. The Morgan fingerprint density at radius 2 is 1.71 bits per heavy atom. The molecule has 1 aromatic carbocycles. The van der Waals surface area contributed by atoms with Gasteiger partial charge in [-0.3, -0.25) is 4.79 Å². The number of esters is 1. The monoisotopic (exact) mass is 416 g/mol. The SMILES string of the molecule is C/C=C1\OC(CC(=O)OCC)(C(F)(F)C(F)(F)C(F)(F)F)Oc2ccccc21. The molecule has 11 heteroatoms. The molecule has 0 saturated carbocycles. The molecule has 0 saturated heterocycles. The fourth-order valence-electron chi connectivity index (χ4n) is 2.54. The van der Waals surface area contributed by atoms with Gasteiger partial charge in [0.15, 0.2) is 0 Å². The van der Waals surface area contributed by atoms with Gasteiger partial charge in [0.05, 0.1) is 12.2 Å². The van der Waals surface area contributed by atoms with E-state index in [1.807, 2.05) is 0 Å². The minimum atomic E-state index is -6.64. The van der Waals surface area contributed by atoms with Crippen LogP contribution in [0.5, 0.6) is 5.75 Å². The van der Waals surface area contributed by atoms with Gasteiger partial charge in [-0.15, -0.1) is 0 Å². The highest BCUT2D eigenvalue weighted by Gasteiger charge is 2.83. The Labute approximate surface area is 154 Å². The molecule has 28 heavy (non-hydrogen) atoms. The van der Waals surface area contributed by atoms with Crippen molar-refractivity contribution in [3.63, 3.8) is 0 Å². The highest BCUT2D eigenvalue weighted by Crippen LogP contribution is 2.56. The first-order valence-electron chi connectivity index (χ1n) is 7.94. The van der Waals surface area contributed by atoms with E-state index in [4.69, 9.17) is 9.47 Å². The number of alkyl halides is 7. The van der Waals surface area contributed by atoms with Crippen LogP contribution < -0.4 is 4.74 Å². The largest absolute Gasteiger partial charge is 0.466 e. The van der Waals surface area contributed by atoms with E-state index in [0.717, 1.165) is 12.1 Å². The lowest BCUT2D eigenvalue weighted by Gasteiger charge is -2.45. The molecule has 0 bridgehead atoms. The Kier molecular flexibility index (Phi) is 5.59. The van der Waals surface area contributed by atoms with Gasteiger partial charge in [-0.05, 0) is 32.1 Å². The maximum absolute atomic E-state index is 14.7. The maximum atomic E-state index is 14.7. The lowest BCUT2D eigenvalue weighted by Crippen LogP contribution is -2.68. The summed E-state index contributed by atoms with van der Waals surface area (Å²) in [4.78, 5) is 11.8. The van der Waals surface area contributed by atoms with E-state index in [1.165, 1.54) is 32.0 Å². The summed E-state index contributed by atoms with van der Waals surface area (Å²) in [6.45, 7) is 2.25. The molecule has 0 N–H and O–H groups in total. The van der Waals surface area contributed by atoms with Crippen LogP contribution in [-0.4, -0.2) is 36.4 Å². The highest BCUT2D eigenvalue weighted by molar-refractivity contribution is 5.73. The normalized spacial score (nSPS) is 21.5. The van der Waals surface area contributed by atoms with Gasteiger partial charge >= 0.3 is 29.8 Å². The van der Waals surface area contributed by atoms with E-state index >= 15 is 0 Å². The molecule has 2 rings (SSSR count). The van der Waals surface area contributed by atoms with E-state index in [-0.39, 0.29) is 12.2 Å². The lowest BCUT2D eigenvalue weighted by atomic mass is 9.95. The van der Waals surface area contributed by atoms with Crippen LogP contribution in [-0.2, 0) is 14.3 Å². The summed E-state index contributed by atoms with van der Waals surface area (Å²) in [6.07, 6.45) is -7.29. The van der Waals surface area contributed by atoms with Gasteiger partial charge in [0.1, 0.15) is 17.9 Å². The van der Waals surface area contributed by atoms with Gasteiger partial charge in [-0.1, -0.05) is 12.1 Å². The van der Waals surface area contributed by atoms with Gasteiger partial charge in [-0.25, -0.2) is 0 Å². The number of allylic oxidation sites excluding steroid dienone is 1. The molecule has 4 nitrogen and oxygen atoms in total. The molecule has 0 spiro atoms. The van der Waals surface area contributed by atoms with Crippen molar-refractivity contribution in [3.8, 4) is 5.75 Å². The number of hydrogen-bond donors (Lipinski definition) is 0. The van der Waals surface area contributed by atoms with E-state index in [2.05, 4.69) is 4.74 Å². The number of rotatable bonds is 5. The molecule has 1 heterocycles. The Hall–Kier alpha value is -2.46. The summed E-state index contributed by atoms with van der Waals surface area (Å²) >= 11 is 0. The van der Waals surface area contributed by atoms with E-state index < -0.39 is 47.7 Å². The molecule has 0 amide bonds. The molecule has 1 aromatic rings. The predicted molar refractivity (Wildman–Crippen MR) is 81.7 cm³/mol. The summed E-state index contributed by atoms with van der Waals surface area (Å²) in [6, 6.07) is 5.12. The number of carbonyl (C=O) groups excluding carboxylic acids is 1. The van der Waals surface area contributed by atoms with Crippen LogP contribution >= 0.6 is 0 Å². The third kappa shape index (κ3) is 3.37. The van der Waals surface area contributed by atoms with Crippen molar-refractivity contribution in [1.29, 1.82) is 0 Å². The van der Waals surface area contributed by atoms with Gasteiger partial charge in [0.2, 0.25) is 0 Å². The number of carbonyl (C=O) groups is 1. The van der Waals surface area contributed by atoms with Crippen LogP contribution in [0.2, 0.25) is 0 Å². The van der Waals surface area contributed by atoms with E-state index in [9.17, 15) is 35.5 Å². The van der Waals surface area contributed by atoms with Gasteiger partial charge < -0.3 is 14.2 Å². The van der Waals surface area contributed by atoms with Gasteiger partial charge in [0, 0.05) is 0 Å². The number of hydrogen-bond acceptors (Lipinski definition) is 4. The molecule has 0 aliphatic carbocycles. The quantitative estimate of drug-likeness (QED) is 0.504. The average molecular weight is 416 g/mol. The van der Waals surface area contributed by atoms with Crippen LogP contribution in [0, 0.1) is 0 Å². The number of para-hydroxylation sites is 1. The Bertz CT molecular complexity index is 773. The predicted octanol–water partition coefficient (Wildman–Crippen LogP) is 4.94. The van der Waals surface area contributed by atoms with Crippen molar-refractivity contribution in [3.05, 3.63) is 35.9 Å². The molecule has 0 fully saturated rings. The van der Waals surface area contributed by atoms with E-state index in [1.54, 1.807) is 0 Å². The van der Waals surface area contributed by atoms with Crippen molar-refractivity contribution in [2.45, 2.75) is 44.1 Å². The maximum Gasteiger partial charge on any atom is 0.460 e. The van der Waals surface area contributed by atoms with Crippen molar-refractivity contribution in [1.82, 2.24) is 0 Å². The summed E-state index contributed by atoms with van der Waals surface area (Å²) in [7, 11) is 0. The molecule has 1 aliphatic heterocycles. The topological polar surface area (TPSA) is 44.8 Å². The third-order valence-corrected chi connectivity index (χ3v) is 3.88. The third-order valence-electron chi connectivity index (χ3n) is 3.88. The van der Waals surface area contributed by atoms with Gasteiger partial charge in [0.25, 0.3) is 0 Å². The summed E-state index contributed by atoms with van der Waals surface area (Å²) in [5.74, 6) is -19.0. The number of halogens is 7. The highest BCUT2D eigenvalue weighted by atomic mass is 19.4. The molecule has 0 aromatic heterocycles. The van der Waals surface area contributed by atoms with Gasteiger partial charge in [-0.2, -0.15) is 30.7 Å². The first-order chi connectivity index (χ1) is 12.8. The Morgan fingerprint density at radius 3 is 2.25 bits per heavy atom. The molecular formula is C17H15F7O4. The Morgan fingerprint density at radius 1 is 1.11 bits per heavy atom. The second kappa shape index (κ2) is 7.17. The first-order valence-corrected chi connectivity index (χ1v) is 7.94.